The molecule has 25 heavy (non-hydrogen) atoms. The molecule has 0 spiro atoms. The van der Waals surface area contributed by atoms with Crippen LogP contribution in [0.15, 0.2) is 23.0 Å². The first kappa shape index (κ1) is 16.6. The summed E-state index contributed by atoms with van der Waals surface area (Å²) < 4.78 is 5.76. The lowest BCUT2D eigenvalue weighted by atomic mass is 9.92. The van der Waals surface area contributed by atoms with Gasteiger partial charge in [0.15, 0.2) is 0 Å². The first-order valence-corrected chi connectivity index (χ1v) is 7.45. The summed E-state index contributed by atoms with van der Waals surface area (Å²) in [7, 11) is 0. The van der Waals surface area contributed by atoms with E-state index in [9.17, 15) is 24.6 Å². The summed E-state index contributed by atoms with van der Waals surface area (Å²) in [5.41, 5.74) is 4.02. The van der Waals surface area contributed by atoms with Crippen molar-refractivity contribution in [3.8, 4) is 16.9 Å². The molecule has 0 saturated carbocycles. The minimum Gasteiger partial charge on any atom is -0.487 e. The Morgan fingerprint density at radius 3 is 2.44 bits per heavy atom. The fourth-order valence-electron chi connectivity index (χ4n) is 3.10. The number of rotatable bonds is 3. The maximum atomic E-state index is 12.1. The Morgan fingerprint density at radius 1 is 1.20 bits per heavy atom. The number of carboxylic acid groups (broad SMARTS) is 2. The van der Waals surface area contributed by atoms with Crippen molar-refractivity contribution in [2.24, 2.45) is 0 Å². The number of nitrogen functional groups attached to an aromatic ring is 1. The Morgan fingerprint density at radius 2 is 1.84 bits per heavy atom. The molecule has 8 nitrogen and oxygen atoms in total. The summed E-state index contributed by atoms with van der Waals surface area (Å²) >= 11 is 0. The van der Waals surface area contributed by atoms with Crippen LogP contribution < -0.4 is 16.0 Å². The Bertz CT molecular complexity index is 974. The lowest BCUT2D eigenvalue weighted by molar-refractivity contribution is 0.0695. The standard InChI is InChI=1S/C17H16N2O6/c1-17(2)6-8-5-7(3-4-9(8)25-17)10-11(15(21)22)13(18)19-14(20)12(10)16(23)24/h3-5H,6H2,1-2H3,(H,21,22)(H,23,24)(H3,18,19,20). The molecule has 0 unspecified atom stereocenters. The minimum atomic E-state index is -1.53. The lowest BCUT2D eigenvalue weighted by Crippen LogP contribution is -2.24. The highest BCUT2D eigenvalue weighted by molar-refractivity contribution is 6.07. The van der Waals surface area contributed by atoms with Crippen LogP contribution in [0, 0.1) is 0 Å². The van der Waals surface area contributed by atoms with Crippen LogP contribution in [-0.4, -0.2) is 32.7 Å². The lowest BCUT2D eigenvalue weighted by Gasteiger charge is -2.16. The maximum absolute atomic E-state index is 12.1. The van der Waals surface area contributed by atoms with Crippen LogP contribution in [0.4, 0.5) is 5.82 Å². The van der Waals surface area contributed by atoms with Gasteiger partial charge in [0, 0.05) is 12.0 Å². The number of pyridine rings is 1. The van der Waals surface area contributed by atoms with Gasteiger partial charge in [-0.05, 0) is 37.1 Å². The van der Waals surface area contributed by atoms with E-state index in [4.69, 9.17) is 10.5 Å². The number of anilines is 1. The fourth-order valence-corrected chi connectivity index (χ4v) is 3.10. The summed E-state index contributed by atoms with van der Waals surface area (Å²) in [5, 5.41) is 18.9. The molecule has 5 N–H and O–H groups in total. The largest absolute Gasteiger partial charge is 0.487 e. The van der Waals surface area contributed by atoms with E-state index in [2.05, 4.69) is 4.98 Å². The molecule has 2 heterocycles. The summed E-state index contributed by atoms with van der Waals surface area (Å²) in [6, 6.07) is 4.79. The number of carbonyl (C=O) groups is 2. The molecule has 0 fully saturated rings. The summed E-state index contributed by atoms with van der Waals surface area (Å²) in [6.45, 7) is 3.81. The zero-order chi connectivity index (χ0) is 18.5. The van der Waals surface area contributed by atoms with Crippen molar-refractivity contribution in [2.45, 2.75) is 25.9 Å². The van der Waals surface area contributed by atoms with E-state index in [1.165, 1.54) is 6.07 Å². The molecule has 0 atom stereocenters. The molecule has 0 bridgehead atoms. The molecule has 8 heteroatoms. The van der Waals surface area contributed by atoms with Gasteiger partial charge in [-0.3, -0.25) is 4.79 Å². The molecule has 0 aliphatic carbocycles. The maximum Gasteiger partial charge on any atom is 0.342 e. The first-order valence-electron chi connectivity index (χ1n) is 7.45. The van der Waals surface area contributed by atoms with E-state index in [0.29, 0.717) is 12.2 Å². The number of ether oxygens (including phenoxy) is 1. The molecule has 2 aromatic rings. The van der Waals surface area contributed by atoms with Crippen molar-refractivity contribution in [2.75, 3.05) is 5.73 Å². The highest BCUT2D eigenvalue weighted by atomic mass is 16.5. The summed E-state index contributed by atoms with van der Waals surface area (Å²) in [5.74, 6) is -2.71. The van der Waals surface area contributed by atoms with Gasteiger partial charge in [0.2, 0.25) is 0 Å². The second-order valence-electron chi connectivity index (χ2n) is 6.46. The van der Waals surface area contributed by atoms with Gasteiger partial charge in [-0.15, -0.1) is 0 Å². The third kappa shape index (κ3) is 2.71. The van der Waals surface area contributed by atoms with E-state index in [0.717, 1.165) is 5.56 Å². The Kier molecular flexibility index (Phi) is 3.56. The topological polar surface area (TPSA) is 143 Å². The SMILES string of the molecule is CC1(C)Cc2cc(-c3c(C(=O)O)c(N)[nH]c(=O)c3C(=O)O)ccc2O1. The quantitative estimate of drug-likeness (QED) is 0.664. The second kappa shape index (κ2) is 5.37. The van der Waals surface area contributed by atoms with E-state index in [1.807, 2.05) is 13.8 Å². The van der Waals surface area contributed by atoms with Crippen molar-refractivity contribution in [1.29, 1.82) is 0 Å². The van der Waals surface area contributed by atoms with Crippen molar-refractivity contribution >= 4 is 17.8 Å². The number of hydrogen-bond acceptors (Lipinski definition) is 5. The number of aromatic amines is 1. The highest BCUT2D eigenvalue weighted by Crippen LogP contribution is 2.39. The van der Waals surface area contributed by atoms with Gasteiger partial charge in [0.1, 0.15) is 28.3 Å². The number of aromatic nitrogens is 1. The minimum absolute atomic E-state index is 0.214. The van der Waals surface area contributed by atoms with E-state index in [-0.39, 0.29) is 11.1 Å². The molecule has 0 radical (unpaired) electrons. The molecular weight excluding hydrogens is 328 g/mol. The van der Waals surface area contributed by atoms with Crippen molar-refractivity contribution in [3.63, 3.8) is 0 Å². The third-order valence-electron chi connectivity index (χ3n) is 4.02. The molecule has 0 saturated heterocycles. The van der Waals surface area contributed by atoms with Gasteiger partial charge < -0.3 is 25.7 Å². The number of hydrogen-bond donors (Lipinski definition) is 4. The van der Waals surface area contributed by atoms with Gasteiger partial charge in [0.05, 0.1) is 0 Å². The fraction of sp³-hybridized carbons (Fsp3) is 0.235. The number of nitrogens with two attached hydrogens (primary N) is 1. The molecule has 1 aliphatic rings. The zero-order valence-electron chi connectivity index (χ0n) is 13.5. The predicted octanol–water partition coefficient (Wildman–Crippen LogP) is 1.73. The monoisotopic (exact) mass is 344 g/mol. The number of carboxylic acids is 2. The Labute approximate surface area is 141 Å². The molecule has 130 valence electrons. The van der Waals surface area contributed by atoms with Crippen LogP contribution in [-0.2, 0) is 6.42 Å². The van der Waals surface area contributed by atoms with Crippen LogP contribution in [0.5, 0.6) is 5.75 Å². The van der Waals surface area contributed by atoms with Crippen molar-refractivity contribution in [1.82, 2.24) is 4.98 Å². The van der Waals surface area contributed by atoms with E-state index >= 15 is 0 Å². The molecule has 1 aromatic heterocycles. The third-order valence-corrected chi connectivity index (χ3v) is 4.02. The van der Waals surface area contributed by atoms with Crippen LogP contribution in [0.2, 0.25) is 0 Å². The smallest absolute Gasteiger partial charge is 0.342 e. The number of fused-ring (bicyclic) bond motifs is 1. The highest BCUT2D eigenvalue weighted by Gasteiger charge is 2.32. The summed E-state index contributed by atoms with van der Waals surface area (Å²) in [6.07, 6.45) is 0.569. The normalized spacial score (nSPS) is 14.6. The molecular formula is C17H16N2O6. The first-order chi connectivity index (χ1) is 11.6. The molecule has 3 rings (SSSR count). The van der Waals surface area contributed by atoms with E-state index < -0.39 is 40.0 Å². The zero-order valence-corrected chi connectivity index (χ0v) is 13.5. The summed E-state index contributed by atoms with van der Waals surface area (Å²) in [4.78, 5) is 37.3. The molecule has 1 aromatic carbocycles. The Balaban J connectivity index is 2.33. The van der Waals surface area contributed by atoms with Gasteiger partial charge >= 0.3 is 11.9 Å². The van der Waals surface area contributed by atoms with Gasteiger partial charge in [0.25, 0.3) is 5.56 Å². The van der Waals surface area contributed by atoms with Crippen LogP contribution in [0.25, 0.3) is 11.1 Å². The van der Waals surface area contributed by atoms with Gasteiger partial charge in [-0.2, -0.15) is 0 Å². The average Bonchev–Trinajstić information content (AvgIpc) is 2.77. The van der Waals surface area contributed by atoms with Crippen LogP contribution >= 0.6 is 0 Å². The number of aromatic carboxylic acids is 2. The predicted molar refractivity (Wildman–Crippen MR) is 89.2 cm³/mol. The number of H-pyrrole nitrogens is 1. The number of nitrogens with one attached hydrogen (secondary N) is 1. The number of benzene rings is 1. The van der Waals surface area contributed by atoms with E-state index in [1.54, 1.807) is 12.1 Å². The molecule has 1 aliphatic heterocycles. The van der Waals surface area contributed by atoms with Gasteiger partial charge in [-0.25, -0.2) is 9.59 Å². The van der Waals surface area contributed by atoms with Crippen LogP contribution in [0.1, 0.15) is 40.1 Å². The second-order valence-corrected chi connectivity index (χ2v) is 6.46. The average molecular weight is 344 g/mol. The van der Waals surface area contributed by atoms with Crippen molar-refractivity contribution < 1.29 is 24.5 Å². The van der Waals surface area contributed by atoms with Crippen molar-refractivity contribution in [3.05, 3.63) is 45.2 Å². The molecule has 0 amide bonds. The Hall–Kier alpha value is -3.29. The van der Waals surface area contributed by atoms with Crippen LogP contribution in [0.3, 0.4) is 0 Å². The van der Waals surface area contributed by atoms with Gasteiger partial charge in [-0.1, -0.05) is 6.07 Å².